The van der Waals surface area contributed by atoms with Crippen molar-refractivity contribution in [1.29, 1.82) is 0 Å². The quantitative estimate of drug-likeness (QED) is 0.634. The van der Waals surface area contributed by atoms with E-state index in [2.05, 4.69) is 15.6 Å². The summed E-state index contributed by atoms with van der Waals surface area (Å²) in [7, 11) is 0. The second-order valence-electron chi connectivity index (χ2n) is 9.64. The van der Waals surface area contributed by atoms with Crippen molar-refractivity contribution in [2.45, 2.75) is 44.7 Å². The van der Waals surface area contributed by atoms with Gasteiger partial charge >= 0.3 is 0 Å². The van der Waals surface area contributed by atoms with Crippen LogP contribution in [-0.4, -0.2) is 71.7 Å². The molecule has 0 bridgehead atoms. The summed E-state index contributed by atoms with van der Waals surface area (Å²) < 4.78 is 0. The highest BCUT2D eigenvalue weighted by atomic mass is 16.2. The van der Waals surface area contributed by atoms with Crippen molar-refractivity contribution in [3.8, 4) is 0 Å². The predicted octanol–water partition coefficient (Wildman–Crippen LogP) is 1.07. The average molecular weight is 466 g/mol. The van der Waals surface area contributed by atoms with Gasteiger partial charge in [0.05, 0.1) is 23.6 Å². The molecule has 3 fully saturated rings. The number of hydrogen-bond acceptors (Lipinski definition) is 5. The molecule has 9 heteroatoms. The van der Waals surface area contributed by atoms with Crippen LogP contribution in [0.4, 0.5) is 5.69 Å². The van der Waals surface area contributed by atoms with Crippen LogP contribution in [0.15, 0.2) is 36.4 Å². The minimum Gasteiger partial charge on any atom is -0.352 e. The Labute approximate surface area is 199 Å². The molecular formula is C25H31N5O4. The van der Waals surface area contributed by atoms with Gasteiger partial charge in [-0.1, -0.05) is 18.2 Å². The molecule has 0 radical (unpaired) electrons. The summed E-state index contributed by atoms with van der Waals surface area (Å²) in [6.07, 6.45) is 7.14. The largest absolute Gasteiger partial charge is 0.352 e. The molecule has 1 aromatic carbocycles. The summed E-state index contributed by atoms with van der Waals surface area (Å²) in [4.78, 5) is 55.1. The molecule has 2 saturated heterocycles. The average Bonchev–Trinajstić information content (AvgIpc) is 3.69. The van der Waals surface area contributed by atoms with Crippen LogP contribution in [0.1, 0.15) is 43.0 Å². The van der Waals surface area contributed by atoms with E-state index < -0.39 is 0 Å². The number of benzene rings is 1. The number of carbonyl (C=O) groups excluding carboxylic acids is 4. The van der Waals surface area contributed by atoms with Gasteiger partial charge in [-0.2, -0.15) is 0 Å². The monoisotopic (exact) mass is 465 g/mol. The number of allylic oxidation sites excluding steroid dienone is 2. The van der Waals surface area contributed by atoms with Gasteiger partial charge in [-0.15, -0.1) is 0 Å². The highest BCUT2D eigenvalue weighted by molar-refractivity contribution is 6.05. The van der Waals surface area contributed by atoms with Gasteiger partial charge in [0.15, 0.2) is 0 Å². The SMILES string of the molecule is CC(C(=O)NC1CC1)N1CCN(C(=O)c2cccc(N3NC(=O)C4CC=CCC4C3=O)c2)CC1. The molecule has 1 saturated carbocycles. The van der Waals surface area contributed by atoms with Gasteiger partial charge in [0.25, 0.3) is 5.91 Å². The Kier molecular flexibility index (Phi) is 6.12. The number of hydrazine groups is 1. The fraction of sp³-hybridized carbons (Fsp3) is 0.520. The molecule has 5 rings (SSSR count). The first kappa shape index (κ1) is 22.6. The Balaban J connectivity index is 1.23. The van der Waals surface area contributed by atoms with Gasteiger partial charge < -0.3 is 10.2 Å². The number of fused-ring (bicyclic) bond motifs is 1. The highest BCUT2D eigenvalue weighted by Gasteiger charge is 2.42. The first-order valence-electron chi connectivity index (χ1n) is 12.2. The number of amides is 4. The van der Waals surface area contributed by atoms with Gasteiger partial charge in [0.1, 0.15) is 0 Å². The number of nitrogens with zero attached hydrogens (tertiary/aromatic N) is 3. The maximum absolute atomic E-state index is 13.2. The number of carbonyl (C=O) groups is 4. The van der Waals surface area contributed by atoms with E-state index in [1.54, 1.807) is 29.2 Å². The minimum atomic E-state index is -0.370. The molecule has 4 amide bonds. The lowest BCUT2D eigenvalue weighted by Crippen LogP contribution is -2.59. The fourth-order valence-corrected chi connectivity index (χ4v) is 4.97. The lowest BCUT2D eigenvalue weighted by Gasteiger charge is -2.38. The molecule has 180 valence electrons. The number of piperazine rings is 1. The molecule has 0 spiro atoms. The van der Waals surface area contributed by atoms with Crippen LogP contribution in [-0.2, 0) is 14.4 Å². The zero-order valence-electron chi connectivity index (χ0n) is 19.4. The van der Waals surface area contributed by atoms with Crippen LogP contribution < -0.4 is 15.8 Å². The molecular weight excluding hydrogens is 434 g/mol. The zero-order valence-corrected chi connectivity index (χ0v) is 19.4. The van der Waals surface area contributed by atoms with E-state index in [1.807, 2.05) is 19.1 Å². The molecule has 2 aliphatic carbocycles. The summed E-state index contributed by atoms with van der Waals surface area (Å²) in [5.41, 5.74) is 3.67. The molecule has 9 nitrogen and oxygen atoms in total. The van der Waals surface area contributed by atoms with Crippen molar-refractivity contribution in [2.75, 3.05) is 31.2 Å². The number of rotatable bonds is 5. The van der Waals surface area contributed by atoms with Gasteiger partial charge in [-0.25, -0.2) is 5.01 Å². The molecule has 2 aliphatic heterocycles. The maximum atomic E-state index is 13.2. The summed E-state index contributed by atoms with van der Waals surface area (Å²) in [5, 5.41) is 4.33. The summed E-state index contributed by atoms with van der Waals surface area (Å²) in [5.74, 6) is -1.08. The molecule has 3 atom stereocenters. The molecule has 1 aromatic rings. The second-order valence-corrected chi connectivity index (χ2v) is 9.64. The Morgan fingerprint density at radius 3 is 2.44 bits per heavy atom. The van der Waals surface area contributed by atoms with E-state index in [4.69, 9.17) is 0 Å². The van der Waals surface area contributed by atoms with Crippen molar-refractivity contribution in [3.63, 3.8) is 0 Å². The number of hydrogen-bond donors (Lipinski definition) is 2. The van der Waals surface area contributed by atoms with E-state index >= 15 is 0 Å². The zero-order chi connectivity index (χ0) is 23.8. The first-order chi connectivity index (χ1) is 16.4. The van der Waals surface area contributed by atoms with Crippen LogP contribution in [0.2, 0.25) is 0 Å². The molecule has 0 aromatic heterocycles. The maximum Gasteiger partial charge on any atom is 0.254 e. The van der Waals surface area contributed by atoms with Gasteiger partial charge in [-0.05, 0) is 50.8 Å². The van der Waals surface area contributed by atoms with Crippen LogP contribution in [0.25, 0.3) is 0 Å². The van der Waals surface area contributed by atoms with E-state index in [1.165, 1.54) is 5.01 Å². The van der Waals surface area contributed by atoms with Crippen LogP contribution in [0.5, 0.6) is 0 Å². The molecule has 2 N–H and O–H groups in total. The third kappa shape index (κ3) is 4.44. The van der Waals surface area contributed by atoms with Gasteiger partial charge in [0, 0.05) is 37.8 Å². The number of anilines is 1. The molecule has 34 heavy (non-hydrogen) atoms. The summed E-state index contributed by atoms with van der Waals surface area (Å²) >= 11 is 0. The highest BCUT2D eigenvalue weighted by Crippen LogP contribution is 2.32. The first-order valence-corrected chi connectivity index (χ1v) is 12.2. The van der Waals surface area contributed by atoms with E-state index in [0.29, 0.717) is 56.3 Å². The van der Waals surface area contributed by atoms with E-state index in [-0.39, 0.29) is 41.5 Å². The van der Waals surface area contributed by atoms with Crippen LogP contribution in [0.3, 0.4) is 0 Å². The van der Waals surface area contributed by atoms with Crippen molar-refractivity contribution in [3.05, 3.63) is 42.0 Å². The lowest BCUT2D eigenvalue weighted by atomic mass is 9.80. The van der Waals surface area contributed by atoms with Crippen LogP contribution >= 0.6 is 0 Å². The fourth-order valence-electron chi connectivity index (χ4n) is 4.97. The van der Waals surface area contributed by atoms with Crippen molar-refractivity contribution >= 4 is 29.3 Å². The second kappa shape index (κ2) is 9.21. The standard InChI is InChI=1S/C25H31N5O4/c1-16(22(31)26-18-9-10-18)28-11-13-29(14-12-28)24(33)17-5-4-6-19(15-17)30-25(34)21-8-3-2-7-20(21)23(32)27-30/h2-6,15-16,18,20-21H,7-14H2,1H3,(H,26,31)(H,27,32). The number of nitrogens with one attached hydrogen (secondary N) is 2. The third-order valence-corrected chi connectivity index (χ3v) is 7.33. The Bertz CT molecular complexity index is 1030. The Hall–Kier alpha value is -3.20. The van der Waals surface area contributed by atoms with Crippen molar-refractivity contribution < 1.29 is 19.2 Å². The predicted molar refractivity (Wildman–Crippen MR) is 126 cm³/mol. The van der Waals surface area contributed by atoms with Crippen LogP contribution in [0, 0.1) is 11.8 Å². The van der Waals surface area contributed by atoms with Gasteiger partial charge in [0.2, 0.25) is 17.7 Å². The Morgan fingerprint density at radius 2 is 1.74 bits per heavy atom. The third-order valence-electron chi connectivity index (χ3n) is 7.33. The molecule has 4 aliphatic rings. The van der Waals surface area contributed by atoms with E-state index in [0.717, 1.165) is 12.8 Å². The Morgan fingerprint density at radius 1 is 1.03 bits per heavy atom. The van der Waals surface area contributed by atoms with E-state index in [9.17, 15) is 19.2 Å². The topological polar surface area (TPSA) is 102 Å². The summed E-state index contributed by atoms with van der Waals surface area (Å²) in [6, 6.07) is 6.97. The molecule has 2 heterocycles. The van der Waals surface area contributed by atoms with Gasteiger partial charge in [-0.3, -0.25) is 29.5 Å². The lowest BCUT2D eigenvalue weighted by molar-refractivity contribution is -0.139. The summed E-state index contributed by atoms with van der Waals surface area (Å²) in [6.45, 7) is 4.22. The normalized spacial score (nSPS) is 26.0. The molecule has 3 unspecified atom stereocenters. The van der Waals surface area contributed by atoms with Crippen molar-refractivity contribution in [2.24, 2.45) is 11.8 Å². The van der Waals surface area contributed by atoms with Crippen molar-refractivity contribution in [1.82, 2.24) is 20.5 Å². The smallest absolute Gasteiger partial charge is 0.254 e. The minimum absolute atomic E-state index is 0.0546.